The van der Waals surface area contributed by atoms with E-state index in [0.717, 1.165) is 5.56 Å². The molecule has 1 aromatic rings. The van der Waals surface area contributed by atoms with E-state index in [4.69, 9.17) is 22.4 Å². The van der Waals surface area contributed by atoms with Crippen molar-refractivity contribution in [3.05, 3.63) is 29.8 Å². The molecule has 0 bridgehead atoms. The van der Waals surface area contributed by atoms with Crippen molar-refractivity contribution in [2.45, 2.75) is 5.38 Å². The summed E-state index contributed by atoms with van der Waals surface area (Å²) in [6, 6.07) is 6.72. The predicted octanol–water partition coefficient (Wildman–Crippen LogP) is 1.63. The van der Waals surface area contributed by atoms with Gasteiger partial charge >= 0.3 is 0 Å². The molecule has 0 aliphatic carbocycles. The summed E-state index contributed by atoms with van der Waals surface area (Å²) >= 11 is 5.84. The second-order valence-electron chi connectivity index (χ2n) is 2.29. The van der Waals surface area contributed by atoms with E-state index in [2.05, 4.69) is 0 Å². The lowest BCUT2D eigenvalue weighted by Gasteiger charge is -2.05. The smallest absolute Gasteiger partial charge is 0.115 e. The van der Waals surface area contributed by atoms with Crippen molar-refractivity contribution in [2.24, 2.45) is 5.73 Å². The van der Waals surface area contributed by atoms with E-state index in [1.165, 1.54) is 0 Å². The van der Waals surface area contributed by atoms with Crippen LogP contribution in [-0.4, -0.2) is 11.7 Å². The van der Waals surface area contributed by atoms with Crippen molar-refractivity contribution in [1.82, 2.24) is 0 Å². The first kappa shape index (κ1) is 8.37. The van der Waals surface area contributed by atoms with E-state index in [9.17, 15) is 0 Å². The molecule has 1 unspecified atom stereocenters. The number of hydrogen-bond acceptors (Lipinski definition) is 2. The van der Waals surface area contributed by atoms with Gasteiger partial charge in [-0.2, -0.15) is 0 Å². The lowest BCUT2D eigenvalue weighted by molar-refractivity contribution is 0.475. The van der Waals surface area contributed by atoms with Crippen LogP contribution in [0.4, 0.5) is 0 Å². The van der Waals surface area contributed by atoms with Crippen LogP contribution in [0, 0.1) is 0 Å². The zero-order chi connectivity index (χ0) is 8.27. The van der Waals surface area contributed by atoms with Crippen molar-refractivity contribution in [1.29, 1.82) is 0 Å². The predicted molar refractivity (Wildman–Crippen MR) is 45.8 cm³/mol. The van der Waals surface area contributed by atoms with Crippen LogP contribution in [0.5, 0.6) is 5.75 Å². The summed E-state index contributed by atoms with van der Waals surface area (Å²) in [6.45, 7) is 0.409. The Morgan fingerprint density at radius 2 is 1.91 bits per heavy atom. The molecule has 60 valence electrons. The molecule has 3 N–H and O–H groups in total. The first-order chi connectivity index (χ1) is 5.24. The van der Waals surface area contributed by atoms with Gasteiger partial charge in [-0.25, -0.2) is 0 Å². The first-order valence-electron chi connectivity index (χ1n) is 3.37. The number of rotatable bonds is 2. The fourth-order valence-corrected chi connectivity index (χ4v) is 0.965. The summed E-state index contributed by atoms with van der Waals surface area (Å²) < 4.78 is 0. The summed E-state index contributed by atoms with van der Waals surface area (Å²) in [5, 5.41) is 8.78. The van der Waals surface area contributed by atoms with Gasteiger partial charge in [0.1, 0.15) is 5.75 Å². The second-order valence-corrected chi connectivity index (χ2v) is 2.82. The van der Waals surface area contributed by atoms with E-state index in [-0.39, 0.29) is 11.1 Å². The Balaban J connectivity index is 2.81. The molecule has 0 fully saturated rings. The Kier molecular flexibility index (Phi) is 2.74. The summed E-state index contributed by atoms with van der Waals surface area (Å²) in [6.07, 6.45) is 0. The van der Waals surface area contributed by atoms with Gasteiger partial charge in [-0.1, -0.05) is 12.1 Å². The maximum atomic E-state index is 8.94. The Bertz CT molecular complexity index is 222. The van der Waals surface area contributed by atoms with Gasteiger partial charge in [-0.15, -0.1) is 11.6 Å². The number of phenolic OH excluding ortho intramolecular Hbond substituents is 1. The van der Waals surface area contributed by atoms with Crippen LogP contribution >= 0.6 is 11.6 Å². The largest absolute Gasteiger partial charge is 0.508 e. The highest BCUT2D eigenvalue weighted by Gasteiger charge is 2.03. The molecule has 1 rings (SSSR count). The van der Waals surface area contributed by atoms with E-state index >= 15 is 0 Å². The molecule has 0 amide bonds. The van der Waals surface area contributed by atoms with Gasteiger partial charge in [0.2, 0.25) is 0 Å². The summed E-state index contributed by atoms with van der Waals surface area (Å²) in [7, 11) is 0. The lowest BCUT2D eigenvalue weighted by Crippen LogP contribution is -2.06. The fourth-order valence-electron chi connectivity index (χ4n) is 0.819. The van der Waals surface area contributed by atoms with Gasteiger partial charge in [-0.3, -0.25) is 0 Å². The number of halogens is 1. The topological polar surface area (TPSA) is 46.2 Å². The molecule has 1 atom stereocenters. The van der Waals surface area contributed by atoms with Crippen LogP contribution in [-0.2, 0) is 0 Å². The third-order valence-electron chi connectivity index (χ3n) is 1.46. The van der Waals surface area contributed by atoms with Gasteiger partial charge in [0.25, 0.3) is 0 Å². The van der Waals surface area contributed by atoms with Crippen molar-refractivity contribution >= 4 is 11.6 Å². The van der Waals surface area contributed by atoms with E-state index in [0.29, 0.717) is 6.54 Å². The van der Waals surface area contributed by atoms with Crippen LogP contribution < -0.4 is 5.73 Å². The molecule has 0 spiro atoms. The molecular weight excluding hydrogens is 162 g/mol. The molecule has 0 heterocycles. The zero-order valence-electron chi connectivity index (χ0n) is 6.00. The minimum absolute atomic E-state index is 0.157. The van der Waals surface area contributed by atoms with Crippen LogP contribution in [0.3, 0.4) is 0 Å². The van der Waals surface area contributed by atoms with Gasteiger partial charge in [0.05, 0.1) is 5.38 Å². The molecule has 0 aromatic heterocycles. The number of phenols is 1. The van der Waals surface area contributed by atoms with E-state index < -0.39 is 0 Å². The molecule has 1 aromatic carbocycles. The highest BCUT2D eigenvalue weighted by molar-refractivity contribution is 6.20. The van der Waals surface area contributed by atoms with Gasteiger partial charge in [0, 0.05) is 6.54 Å². The molecular formula is C8H10ClNO. The highest BCUT2D eigenvalue weighted by atomic mass is 35.5. The van der Waals surface area contributed by atoms with Crippen molar-refractivity contribution in [3.8, 4) is 5.75 Å². The lowest BCUT2D eigenvalue weighted by atomic mass is 10.1. The van der Waals surface area contributed by atoms with E-state index in [1.54, 1.807) is 24.3 Å². The maximum Gasteiger partial charge on any atom is 0.115 e. The van der Waals surface area contributed by atoms with Crippen LogP contribution in [0.2, 0.25) is 0 Å². The molecule has 11 heavy (non-hydrogen) atoms. The highest BCUT2D eigenvalue weighted by Crippen LogP contribution is 2.20. The molecule has 3 heteroatoms. The Morgan fingerprint density at radius 3 is 2.36 bits per heavy atom. The SMILES string of the molecule is NCC(Cl)c1ccc(O)cc1. The molecule has 0 aliphatic heterocycles. The number of aromatic hydroxyl groups is 1. The van der Waals surface area contributed by atoms with Crippen LogP contribution in [0.15, 0.2) is 24.3 Å². The molecule has 0 aliphatic rings. The normalized spacial score (nSPS) is 12.9. The van der Waals surface area contributed by atoms with Crippen molar-refractivity contribution in [2.75, 3.05) is 6.54 Å². The third kappa shape index (κ3) is 2.10. The number of alkyl halides is 1. The van der Waals surface area contributed by atoms with Gasteiger partial charge in [-0.05, 0) is 17.7 Å². The summed E-state index contributed by atoms with van der Waals surface area (Å²) in [5.41, 5.74) is 6.28. The maximum absolute atomic E-state index is 8.94. The number of hydrogen-bond donors (Lipinski definition) is 2. The van der Waals surface area contributed by atoms with E-state index in [1.807, 2.05) is 0 Å². The van der Waals surface area contributed by atoms with Gasteiger partial charge < -0.3 is 10.8 Å². The monoisotopic (exact) mass is 171 g/mol. The van der Waals surface area contributed by atoms with Crippen LogP contribution in [0.25, 0.3) is 0 Å². The zero-order valence-corrected chi connectivity index (χ0v) is 6.75. The first-order valence-corrected chi connectivity index (χ1v) is 3.80. The molecule has 0 saturated carbocycles. The quantitative estimate of drug-likeness (QED) is 0.665. The van der Waals surface area contributed by atoms with Gasteiger partial charge in [0.15, 0.2) is 0 Å². The second kappa shape index (κ2) is 3.60. The van der Waals surface area contributed by atoms with Crippen LogP contribution in [0.1, 0.15) is 10.9 Å². The van der Waals surface area contributed by atoms with Crippen molar-refractivity contribution in [3.63, 3.8) is 0 Å². The standard InChI is InChI=1S/C8H10ClNO/c9-8(5-10)6-1-3-7(11)4-2-6/h1-4,8,11H,5,10H2. The Labute approximate surface area is 70.6 Å². The Hall–Kier alpha value is -0.730. The molecule has 0 radical (unpaired) electrons. The number of nitrogens with two attached hydrogens (primary N) is 1. The Morgan fingerprint density at radius 1 is 1.36 bits per heavy atom. The minimum Gasteiger partial charge on any atom is -0.508 e. The summed E-state index contributed by atoms with van der Waals surface area (Å²) in [4.78, 5) is 0. The van der Waals surface area contributed by atoms with Crippen molar-refractivity contribution < 1.29 is 5.11 Å². The summed E-state index contributed by atoms with van der Waals surface area (Å²) in [5.74, 6) is 0.245. The fraction of sp³-hybridized carbons (Fsp3) is 0.250. The third-order valence-corrected chi connectivity index (χ3v) is 1.89. The number of benzene rings is 1. The molecule has 0 saturated heterocycles. The minimum atomic E-state index is -0.157. The molecule has 2 nitrogen and oxygen atoms in total. The average molecular weight is 172 g/mol. The average Bonchev–Trinajstić information content (AvgIpc) is 2.05.